The van der Waals surface area contributed by atoms with Gasteiger partial charge in [0.1, 0.15) is 23.2 Å². The minimum Gasteiger partial charge on any atom is -0.481 e. The zero-order chi connectivity index (χ0) is 22.5. The monoisotopic (exact) mass is 435 g/mol. The molecule has 7 nitrogen and oxygen atoms in total. The summed E-state index contributed by atoms with van der Waals surface area (Å²) in [6, 6.07) is 9.56. The van der Waals surface area contributed by atoms with E-state index in [1.807, 2.05) is 24.0 Å². The molecular formula is C24H26FN5O2. The molecule has 2 aromatic heterocycles. The smallest absolute Gasteiger partial charge is 0.263 e. The van der Waals surface area contributed by atoms with Crippen LogP contribution in [0.15, 0.2) is 55.0 Å². The van der Waals surface area contributed by atoms with E-state index in [2.05, 4.69) is 15.3 Å². The van der Waals surface area contributed by atoms with E-state index in [1.165, 1.54) is 24.3 Å². The third-order valence-electron chi connectivity index (χ3n) is 5.61. The Morgan fingerprint density at radius 3 is 2.66 bits per heavy atom. The SMILES string of the molecule is Cc1cccnc1Nc1cncc(C2CCN(C(=O)C(C)Oc3ccc(F)cc3)CC2)n1. The van der Waals surface area contributed by atoms with Crippen LogP contribution in [0.4, 0.5) is 16.0 Å². The molecule has 3 heterocycles. The third-order valence-corrected chi connectivity index (χ3v) is 5.61. The molecule has 32 heavy (non-hydrogen) atoms. The summed E-state index contributed by atoms with van der Waals surface area (Å²) in [5.41, 5.74) is 1.94. The first-order valence-electron chi connectivity index (χ1n) is 10.7. The van der Waals surface area contributed by atoms with Crippen LogP contribution in [0.5, 0.6) is 5.75 Å². The van der Waals surface area contributed by atoms with Gasteiger partial charge in [0.25, 0.3) is 5.91 Å². The third kappa shape index (κ3) is 5.19. The molecule has 4 rings (SSSR count). The van der Waals surface area contributed by atoms with E-state index < -0.39 is 6.10 Å². The quantitative estimate of drug-likeness (QED) is 0.624. The van der Waals surface area contributed by atoms with Crippen LogP contribution in [0.2, 0.25) is 0 Å². The van der Waals surface area contributed by atoms with Gasteiger partial charge in [-0.1, -0.05) is 6.07 Å². The lowest BCUT2D eigenvalue weighted by molar-refractivity contribution is -0.139. The van der Waals surface area contributed by atoms with E-state index in [1.54, 1.807) is 25.5 Å². The summed E-state index contributed by atoms with van der Waals surface area (Å²) >= 11 is 0. The number of piperidine rings is 1. The molecule has 1 amide bonds. The largest absolute Gasteiger partial charge is 0.481 e. The second-order valence-corrected chi connectivity index (χ2v) is 7.94. The minimum absolute atomic E-state index is 0.0695. The molecular weight excluding hydrogens is 409 g/mol. The number of nitrogens with one attached hydrogen (secondary N) is 1. The number of aromatic nitrogens is 3. The fourth-order valence-corrected chi connectivity index (χ4v) is 3.80. The standard InChI is InChI=1S/C24H26FN5O2/c1-16-4-3-11-27-23(16)29-22-15-26-14-21(28-22)18-9-12-30(13-10-18)24(31)17(2)32-20-7-5-19(25)6-8-20/h3-8,11,14-15,17-18H,9-10,12-13H2,1-2H3,(H,27,28,29). The van der Waals surface area contributed by atoms with Gasteiger partial charge in [-0.3, -0.25) is 9.78 Å². The highest BCUT2D eigenvalue weighted by Crippen LogP contribution is 2.28. The van der Waals surface area contributed by atoms with Crippen LogP contribution in [0.25, 0.3) is 0 Å². The molecule has 1 saturated heterocycles. The molecule has 0 bridgehead atoms. The molecule has 1 N–H and O–H groups in total. The topological polar surface area (TPSA) is 80.2 Å². The van der Waals surface area contributed by atoms with Crippen molar-refractivity contribution in [2.24, 2.45) is 0 Å². The lowest BCUT2D eigenvalue weighted by atomic mass is 9.93. The summed E-state index contributed by atoms with van der Waals surface area (Å²) in [7, 11) is 0. The molecule has 1 fully saturated rings. The first-order chi connectivity index (χ1) is 15.5. The molecule has 166 valence electrons. The molecule has 8 heteroatoms. The normalized spacial score (nSPS) is 15.3. The van der Waals surface area contributed by atoms with Gasteiger partial charge in [0.2, 0.25) is 0 Å². The molecule has 1 aliphatic rings. The van der Waals surface area contributed by atoms with Gasteiger partial charge < -0.3 is 15.0 Å². The van der Waals surface area contributed by atoms with Crippen LogP contribution in [0, 0.1) is 12.7 Å². The number of ether oxygens (including phenoxy) is 1. The summed E-state index contributed by atoms with van der Waals surface area (Å²) in [6.45, 7) is 4.96. The highest BCUT2D eigenvalue weighted by atomic mass is 19.1. The van der Waals surface area contributed by atoms with Gasteiger partial charge >= 0.3 is 0 Å². The molecule has 1 aliphatic heterocycles. The molecule has 3 aromatic rings. The van der Waals surface area contributed by atoms with Gasteiger partial charge in [-0.2, -0.15) is 0 Å². The van der Waals surface area contributed by atoms with Crippen molar-refractivity contribution in [2.75, 3.05) is 18.4 Å². The lowest BCUT2D eigenvalue weighted by Gasteiger charge is -2.33. The van der Waals surface area contributed by atoms with Crippen LogP contribution in [-0.2, 0) is 4.79 Å². The van der Waals surface area contributed by atoms with E-state index in [0.29, 0.717) is 24.7 Å². The maximum Gasteiger partial charge on any atom is 0.263 e. The zero-order valence-corrected chi connectivity index (χ0v) is 18.2. The Labute approximate surface area is 186 Å². The van der Waals surface area contributed by atoms with Crippen molar-refractivity contribution in [3.63, 3.8) is 0 Å². The Kier molecular flexibility index (Phi) is 6.58. The fourth-order valence-electron chi connectivity index (χ4n) is 3.80. The van der Waals surface area contributed by atoms with Crippen LogP contribution in [0.3, 0.4) is 0 Å². The molecule has 1 unspecified atom stereocenters. The average Bonchev–Trinajstić information content (AvgIpc) is 2.82. The zero-order valence-electron chi connectivity index (χ0n) is 18.2. The number of likely N-dealkylation sites (tertiary alicyclic amines) is 1. The Balaban J connectivity index is 1.33. The highest BCUT2D eigenvalue weighted by molar-refractivity contribution is 5.81. The van der Waals surface area contributed by atoms with Gasteiger partial charge in [0, 0.05) is 31.4 Å². The summed E-state index contributed by atoms with van der Waals surface area (Å²) < 4.78 is 18.7. The molecule has 0 spiro atoms. The van der Waals surface area contributed by atoms with Gasteiger partial charge in [-0.15, -0.1) is 0 Å². The number of anilines is 2. The van der Waals surface area contributed by atoms with Gasteiger partial charge in [0.15, 0.2) is 6.10 Å². The number of carbonyl (C=O) groups is 1. The molecule has 1 aromatic carbocycles. The van der Waals surface area contributed by atoms with E-state index in [0.717, 1.165) is 29.9 Å². The molecule has 0 radical (unpaired) electrons. The minimum atomic E-state index is -0.633. The number of hydrogen-bond acceptors (Lipinski definition) is 6. The van der Waals surface area contributed by atoms with Crippen molar-refractivity contribution in [1.82, 2.24) is 19.9 Å². The van der Waals surface area contributed by atoms with Crippen molar-refractivity contribution >= 4 is 17.5 Å². The van der Waals surface area contributed by atoms with Crippen LogP contribution < -0.4 is 10.1 Å². The summed E-state index contributed by atoms with van der Waals surface area (Å²) in [5, 5.41) is 3.23. The first-order valence-corrected chi connectivity index (χ1v) is 10.7. The summed E-state index contributed by atoms with van der Waals surface area (Å²) in [5.74, 6) is 1.71. The number of aryl methyl sites for hydroxylation is 1. The maximum atomic E-state index is 13.1. The van der Waals surface area contributed by atoms with Crippen molar-refractivity contribution in [1.29, 1.82) is 0 Å². The summed E-state index contributed by atoms with van der Waals surface area (Å²) in [6.07, 6.45) is 6.18. The number of rotatable bonds is 6. The molecule has 0 saturated carbocycles. The highest BCUT2D eigenvalue weighted by Gasteiger charge is 2.28. The lowest BCUT2D eigenvalue weighted by Crippen LogP contribution is -2.44. The van der Waals surface area contributed by atoms with Gasteiger partial charge in [-0.25, -0.2) is 14.4 Å². The maximum absolute atomic E-state index is 13.1. The van der Waals surface area contributed by atoms with E-state index in [9.17, 15) is 9.18 Å². The Morgan fingerprint density at radius 1 is 1.19 bits per heavy atom. The number of nitrogens with zero attached hydrogens (tertiary/aromatic N) is 4. The second-order valence-electron chi connectivity index (χ2n) is 7.94. The Bertz CT molecular complexity index is 1070. The Morgan fingerprint density at radius 2 is 1.94 bits per heavy atom. The van der Waals surface area contributed by atoms with Crippen molar-refractivity contribution in [3.05, 3.63) is 72.1 Å². The Hall–Kier alpha value is -3.55. The number of carbonyl (C=O) groups excluding carboxylic acids is 1. The molecule has 0 aliphatic carbocycles. The van der Waals surface area contributed by atoms with E-state index in [-0.39, 0.29) is 17.6 Å². The van der Waals surface area contributed by atoms with Crippen LogP contribution in [-0.4, -0.2) is 45.0 Å². The first kappa shape index (κ1) is 21.7. The van der Waals surface area contributed by atoms with Crippen molar-refractivity contribution in [3.8, 4) is 5.75 Å². The number of halogens is 1. The van der Waals surface area contributed by atoms with Gasteiger partial charge in [0.05, 0.1) is 11.9 Å². The fraction of sp³-hybridized carbons (Fsp3) is 0.333. The summed E-state index contributed by atoms with van der Waals surface area (Å²) in [4.78, 5) is 28.0. The molecule has 1 atom stereocenters. The number of hydrogen-bond donors (Lipinski definition) is 1. The second kappa shape index (κ2) is 9.72. The predicted octanol–water partition coefficient (Wildman–Crippen LogP) is 4.24. The van der Waals surface area contributed by atoms with Crippen LogP contribution >= 0.6 is 0 Å². The number of pyridine rings is 1. The predicted molar refractivity (Wildman–Crippen MR) is 119 cm³/mol. The average molecular weight is 436 g/mol. The van der Waals surface area contributed by atoms with Gasteiger partial charge in [-0.05, 0) is 62.6 Å². The number of benzene rings is 1. The van der Waals surface area contributed by atoms with Crippen molar-refractivity contribution in [2.45, 2.75) is 38.7 Å². The van der Waals surface area contributed by atoms with Crippen molar-refractivity contribution < 1.29 is 13.9 Å². The van der Waals surface area contributed by atoms with E-state index in [4.69, 9.17) is 9.72 Å². The van der Waals surface area contributed by atoms with E-state index >= 15 is 0 Å². The van der Waals surface area contributed by atoms with Crippen LogP contribution in [0.1, 0.15) is 36.9 Å². The number of amides is 1.